The number of ether oxygens (including phenoxy) is 2. The molecule has 8 heteroatoms. The SMILES string of the molecule is CCOC(=O)Nc1ccc(N=Nc2ccccc2)c(NC(=O)OCC)c1. The summed E-state index contributed by atoms with van der Waals surface area (Å²) in [6, 6.07) is 14.0. The second-order valence-electron chi connectivity index (χ2n) is 4.96. The van der Waals surface area contributed by atoms with E-state index < -0.39 is 12.2 Å². The quantitative estimate of drug-likeness (QED) is 0.691. The molecule has 0 heterocycles. The third kappa shape index (κ3) is 5.90. The summed E-state index contributed by atoms with van der Waals surface area (Å²) < 4.78 is 9.73. The Labute approximate surface area is 151 Å². The standard InChI is InChI=1S/C18H20N4O4/c1-3-25-17(23)19-14-10-11-15(16(12-14)20-18(24)26-4-2)22-21-13-8-6-5-7-9-13/h5-12H,3-4H2,1-2H3,(H,19,23)(H,20,24). The molecule has 2 N–H and O–H groups in total. The molecule has 0 bridgehead atoms. The summed E-state index contributed by atoms with van der Waals surface area (Å²) in [5.74, 6) is 0. The Morgan fingerprint density at radius 1 is 0.885 bits per heavy atom. The highest BCUT2D eigenvalue weighted by Gasteiger charge is 2.10. The smallest absolute Gasteiger partial charge is 0.411 e. The summed E-state index contributed by atoms with van der Waals surface area (Å²) in [6.45, 7) is 3.89. The molecule has 2 aromatic rings. The van der Waals surface area contributed by atoms with Gasteiger partial charge >= 0.3 is 12.2 Å². The lowest BCUT2D eigenvalue weighted by molar-refractivity contribution is 0.167. The van der Waals surface area contributed by atoms with Crippen molar-refractivity contribution in [2.24, 2.45) is 10.2 Å². The molecule has 2 rings (SSSR count). The molecule has 0 saturated carbocycles. The van der Waals surface area contributed by atoms with Crippen molar-refractivity contribution in [3.05, 3.63) is 48.5 Å². The third-order valence-electron chi connectivity index (χ3n) is 3.06. The Morgan fingerprint density at radius 3 is 2.19 bits per heavy atom. The van der Waals surface area contributed by atoms with Gasteiger partial charge in [0.25, 0.3) is 0 Å². The van der Waals surface area contributed by atoms with Crippen LogP contribution in [0.25, 0.3) is 0 Å². The van der Waals surface area contributed by atoms with Gasteiger partial charge in [-0.05, 0) is 44.2 Å². The molecule has 26 heavy (non-hydrogen) atoms. The first kappa shape index (κ1) is 18.9. The number of rotatable bonds is 6. The molecule has 2 aromatic carbocycles. The normalized spacial score (nSPS) is 10.4. The second-order valence-corrected chi connectivity index (χ2v) is 4.96. The first-order valence-electron chi connectivity index (χ1n) is 8.10. The molecule has 0 atom stereocenters. The fraction of sp³-hybridized carbons (Fsp3) is 0.222. The van der Waals surface area contributed by atoms with Gasteiger partial charge in [-0.25, -0.2) is 9.59 Å². The van der Waals surface area contributed by atoms with E-state index >= 15 is 0 Å². The summed E-state index contributed by atoms with van der Waals surface area (Å²) >= 11 is 0. The van der Waals surface area contributed by atoms with Crippen molar-refractivity contribution in [3.63, 3.8) is 0 Å². The van der Waals surface area contributed by atoms with Gasteiger partial charge < -0.3 is 9.47 Å². The maximum absolute atomic E-state index is 11.8. The van der Waals surface area contributed by atoms with Gasteiger partial charge in [0.05, 0.1) is 24.6 Å². The zero-order valence-corrected chi connectivity index (χ0v) is 14.6. The van der Waals surface area contributed by atoms with Gasteiger partial charge in [-0.2, -0.15) is 5.11 Å². The van der Waals surface area contributed by atoms with Crippen molar-refractivity contribution in [1.29, 1.82) is 0 Å². The van der Waals surface area contributed by atoms with Gasteiger partial charge in [-0.15, -0.1) is 5.11 Å². The van der Waals surface area contributed by atoms with E-state index in [1.54, 1.807) is 44.2 Å². The van der Waals surface area contributed by atoms with Crippen LogP contribution in [-0.2, 0) is 9.47 Å². The summed E-state index contributed by atoms with van der Waals surface area (Å²) in [4.78, 5) is 23.3. The molecule has 0 saturated heterocycles. The van der Waals surface area contributed by atoms with Gasteiger partial charge in [-0.3, -0.25) is 10.6 Å². The minimum Gasteiger partial charge on any atom is -0.450 e. The largest absolute Gasteiger partial charge is 0.450 e. The number of hydrogen-bond acceptors (Lipinski definition) is 6. The maximum Gasteiger partial charge on any atom is 0.411 e. The van der Waals surface area contributed by atoms with E-state index in [9.17, 15) is 9.59 Å². The number of hydrogen-bond donors (Lipinski definition) is 2. The average Bonchev–Trinajstić information content (AvgIpc) is 2.62. The average molecular weight is 356 g/mol. The molecule has 0 aliphatic heterocycles. The number of carbonyl (C=O) groups is 2. The zero-order chi connectivity index (χ0) is 18.8. The highest BCUT2D eigenvalue weighted by Crippen LogP contribution is 2.30. The van der Waals surface area contributed by atoms with E-state index in [1.807, 2.05) is 18.2 Å². The van der Waals surface area contributed by atoms with E-state index in [4.69, 9.17) is 9.47 Å². The zero-order valence-electron chi connectivity index (χ0n) is 14.6. The number of nitrogens with one attached hydrogen (secondary N) is 2. The van der Waals surface area contributed by atoms with Gasteiger partial charge in [0.15, 0.2) is 0 Å². The summed E-state index contributed by atoms with van der Waals surface area (Å²) in [6.07, 6.45) is -1.22. The van der Waals surface area contributed by atoms with Crippen molar-refractivity contribution >= 4 is 34.9 Å². The predicted octanol–water partition coefficient (Wildman–Crippen LogP) is 5.24. The molecule has 2 amide bonds. The number of nitrogens with zero attached hydrogens (tertiary/aromatic N) is 2. The summed E-state index contributed by atoms with van der Waals surface area (Å²) in [7, 11) is 0. The highest BCUT2D eigenvalue weighted by molar-refractivity contribution is 5.92. The van der Waals surface area contributed by atoms with E-state index in [2.05, 4.69) is 20.9 Å². The Hall–Kier alpha value is -3.42. The van der Waals surface area contributed by atoms with E-state index in [0.717, 1.165) is 0 Å². The van der Waals surface area contributed by atoms with Crippen LogP contribution >= 0.6 is 0 Å². The van der Waals surface area contributed by atoms with Gasteiger partial charge in [0, 0.05) is 5.69 Å². The van der Waals surface area contributed by atoms with Crippen LogP contribution in [0.2, 0.25) is 0 Å². The Balaban J connectivity index is 2.25. The van der Waals surface area contributed by atoms with Crippen LogP contribution in [0.15, 0.2) is 58.8 Å². The fourth-order valence-corrected chi connectivity index (χ4v) is 1.97. The van der Waals surface area contributed by atoms with Crippen molar-refractivity contribution in [1.82, 2.24) is 0 Å². The minimum atomic E-state index is -0.628. The van der Waals surface area contributed by atoms with Crippen molar-refractivity contribution < 1.29 is 19.1 Å². The molecule has 0 fully saturated rings. The van der Waals surface area contributed by atoms with Gasteiger partial charge in [0.2, 0.25) is 0 Å². The summed E-state index contributed by atoms with van der Waals surface area (Å²) in [5, 5.41) is 13.4. The van der Waals surface area contributed by atoms with E-state index in [-0.39, 0.29) is 13.2 Å². The van der Waals surface area contributed by atoms with Crippen molar-refractivity contribution in [2.45, 2.75) is 13.8 Å². The number of amides is 2. The summed E-state index contributed by atoms with van der Waals surface area (Å²) in [5.41, 5.74) is 1.87. The second kappa shape index (κ2) is 9.77. The molecule has 136 valence electrons. The van der Waals surface area contributed by atoms with Crippen LogP contribution in [0.1, 0.15) is 13.8 Å². The topological polar surface area (TPSA) is 101 Å². The fourth-order valence-electron chi connectivity index (χ4n) is 1.97. The third-order valence-corrected chi connectivity index (χ3v) is 3.06. The molecular weight excluding hydrogens is 336 g/mol. The molecular formula is C18H20N4O4. The molecule has 0 radical (unpaired) electrons. The number of anilines is 2. The van der Waals surface area contributed by atoms with Crippen molar-refractivity contribution in [3.8, 4) is 0 Å². The Morgan fingerprint density at radius 2 is 1.54 bits per heavy atom. The highest BCUT2D eigenvalue weighted by atomic mass is 16.6. The number of benzene rings is 2. The first-order chi connectivity index (χ1) is 12.6. The Bertz CT molecular complexity index is 778. The molecule has 0 aliphatic carbocycles. The van der Waals surface area contributed by atoms with Crippen LogP contribution in [0.4, 0.5) is 32.3 Å². The minimum absolute atomic E-state index is 0.230. The molecule has 0 unspecified atom stereocenters. The molecule has 8 nitrogen and oxygen atoms in total. The van der Waals surface area contributed by atoms with Crippen LogP contribution in [-0.4, -0.2) is 25.4 Å². The predicted molar refractivity (Wildman–Crippen MR) is 98.3 cm³/mol. The molecule has 0 aromatic heterocycles. The van der Waals surface area contributed by atoms with Crippen molar-refractivity contribution in [2.75, 3.05) is 23.8 Å². The van der Waals surface area contributed by atoms with Crippen LogP contribution < -0.4 is 10.6 Å². The lowest BCUT2D eigenvalue weighted by atomic mass is 10.2. The monoisotopic (exact) mass is 356 g/mol. The Kier molecular flexibility index (Phi) is 7.11. The number of carbonyl (C=O) groups excluding carboxylic acids is 2. The van der Waals surface area contributed by atoms with E-state index in [0.29, 0.717) is 22.7 Å². The van der Waals surface area contributed by atoms with Gasteiger partial charge in [0.1, 0.15) is 5.69 Å². The lowest BCUT2D eigenvalue weighted by Gasteiger charge is -2.11. The molecule has 0 aliphatic rings. The molecule has 0 spiro atoms. The lowest BCUT2D eigenvalue weighted by Crippen LogP contribution is -2.15. The number of azo groups is 1. The van der Waals surface area contributed by atoms with Crippen LogP contribution in [0.5, 0.6) is 0 Å². The van der Waals surface area contributed by atoms with Crippen LogP contribution in [0, 0.1) is 0 Å². The first-order valence-corrected chi connectivity index (χ1v) is 8.10. The maximum atomic E-state index is 11.8. The van der Waals surface area contributed by atoms with Crippen LogP contribution in [0.3, 0.4) is 0 Å². The van der Waals surface area contributed by atoms with E-state index in [1.165, 1.54) is 0 Å². The van der Waals surface area contributed by atoms with Gasteiger partial charge in [-0.1, -0.05) is 18.2 Å².